The van der Waals surface area contributed by atoms with Crippen LogP contribution in [-0.4, -0.2) is 26.9 Å². The average Bonchev–Trinajstić information content (AvgIpc) is 2.53. The molecule has 94 valence electrons. The second-order valence-electron chi connectivity index (χ2n) is 4.11. The zero-order chi connectivity index (χ0) is 12.3. The summed E-state index contributed by atoms with van der Waals surface area (Å²) in [6.07, 6.45) is 0.946. The minimum atomic E-state index is 0.254. The van der Waals surface area contributed by atoms with Gasteiger partial charge >= 0.3 is 0 Å². The van der Waals surface area contributed by atoms with E-state index in [0.717, 1.165) is 36.4 Å². The summed E-state index contributed by atoms with van der Waals surface area (Å²) in [6, 6.07) is 4.39. The average molecular weight is 300 g/mol. The summed E-state index contributed by atoms with van der Waals surface area (Å²) < 4.78 is 12.1. The van der Waals surface area contributed by atoms with Crippen LogP contribution >= 0.6 is 15.9 Å². The van der Waals surface area contributed by atoms with Crippen LogP contribution in [0.1, 0.15) is 24.1 Å². The quantitative estimate of drug-likeness (QED) is 0.931. The maximum atomic E-state index is 5.65. The largest absolute Gasteiger partial charge is 0.497 e. The van der Waals surface area contributed by atoms with E-state index in [-0.39, 0.29) is 6.04 Å². The number of rotatable bonds is 3. The van der Waals surface area contributed by atoms with Gasteiger partial charge in [0.1, 0.15) is 5.75 Å². The number of halogens is 1. The number of likely N-dealkylation sites (N-methyl/N-ethyl adjacent to an activating group) is 1. The molecule has 0 radical (unpaired) electrons. The molecule has 17 heavy (non-hydrogen) atoms. The van der Waals surface area contributed by atoms with Gasteiger partial charge < -0.3 is 14.8 Å². The van der Waals surface area contributed by atoms with Gasteiger partial charge in [-0.25, -0.2) is 0 Å². The Morgan fingerprint density at radius 2 is 2.35 bits per heavy atom. The zero-order valence-corrected chi connectivity index (χ0v) is 11.8. The third-order valence-corrected chi connectivity index (χ3v) is 3.75. The molecule has 1 heterocycles. The molecule has 0 saturated carbocycles. The lowest BCUT2D eigenvalue weighted by Gasteiger charge is -2.19. The first-order chi connectivity index (χ1) is 8.26. The zero-order valence-electron chi connectivity index (χ0n) is 10.3. The number of fused-ring (bicyclic) bond motifs is 1. The Morgan fingerprint density at radius 1 is 1.53 bits per heavy atom. The summed E-state index contributed by atoms with van der Waals surface area (Å²) in [6.45, 7) is 4.54. The van der Waals surface area contributed by atoms with E-state index in [1.807, 2.05) is 6.07 Å². The monoisotopic (exact) mass is 299 g/mol. The number of methoxy groups -OCH3 is 1. The molecule has 1 unspecified atom stereocenters. The molecule has 0 amide bonds. The fraction of sp³-hybridized carbons (Fsp3) is 0.538. The van der Waals surface area contributed by atoms with Crippen molar-refractivity contribution >= 4 is 15.9 Å². The summed E-state index contributed by atoms with van der Waals surface area (Å²) in [5.74, 6) is 0.889. The lowest BCUT2D eigenvalue weighted by molar-refractivity contribution is 0.122. The van der Waals surface area contributed by atoms with E-state index in [9.17, 15) is 0 Å². The highest BCUT2D eigenvalue weighted by atomic mass is 79.9. The van der Waals surface area contributed by atoms with Gasteiger partial charge in [0.2, 0.25) is 0 Å². The second-order valence-corrected chi connectivity index (χ2v) is 4.97. The number of ether oxygens (including phenoxy) is 2. The van der Waals surface area contributed by atoms with Gasteiger partial charge in [-0.3, -0.25) is 0 Å². The van der Waals surface area contributed by atoms with Crippen LogP contribution < -0.4 is 10.1 Å². The van der Waals surface area contributed by atoms with Gasteiger partial charge in [-0.2, -0.15) is 0 Å². The van der Waals surface area contributed by atoms with Gasteiger partial charge in [0, 0.05) is 4.47 Å². The van der Waals surface area contributed by atoms with Crippen LogP contribution in [0.2, 0.25) is 0 Å². The van der Waals surface area contributed by atoms with E-state index in [1.54, 1.807) is 7.11 Å². The fourth-order valence-electron chi connectivity index (χ4n) is 2.20. The molecule has 0 aliphatic carbocycles. The van der Waals surface area contributed by atoms with Crippen molar-refractivity contribution in [3.8, 4) is 5.75 Å². The highest BCUT2D eigenvalue weighted by Crippen LogP contribution is 2.33. The van der Waals surface area contributed by atoms with Crippen LogP contribution in [0.5, 0.6) is 5.75 Å². The van der Waals surface area contributed by atoms with Crippen molar-refractivity contribution in [3.05, 3.63) is 27.7 Å². The molecular formula is C13H18BrNO2. The number of hydrogen-bond donors (Lipinski definition) is 1. The van der Waals surface area contributed by atoms with Gasteiger partial charge in [-0.15, -0.1) is 0 Å². The molecule has 0 fully saturated rings. The molecule has 1 N–H and O–H groups in total. The molecule has 1 aliphatic heterocycles. The predicted octanol–water partition coefficient (Wildman–Crippen LogP) is 2.68. The molecular weight excluding hydrogens is 282 g/mol. The van der Waals surface area contributed by atoms with Gasteiger partial charge in [0.25, 0.3) is 0 Å². The van der Waals surface area contributed by atoms with Crippen LogP contribution in [0, 0.1) is 0 Å². The molecule has 0 aromatic heterocycles. The maximum absolute atomic E-state index is 5.65. The van der Waals surface area contributed by atoms with Crippen molar-refractivity contribution < 1.29 is 9.47 Å². The topological polar surface area (TPSA) is 30.5 Å². The molecule has 2 rings (SSSR count). The van der Waals surface area contributed by atoms with Crippen molar-refractivity contribution in [3.63, 3.8) is 0 Å². The van der Waals surface area contributed by atoms with Crippen LogP contribution in [-0.2, 0) is 11.2 Å². The van der Waals surface area contributed by atoms with E-state index in [0.29, 0.717) is 0 Å². The number of hydrogen-bond acceptors (Lipinski definition) is 3. The van der Waals surface area contributed by atoms with E-state index >= 15 is 0 Å². The summed E-state index contributed by atoms with van der Waals surface area (Å²) in [7, 11) is 1.70. The Bertz CT molecular complexity index is 395. The normalized spacial score (nSPS) is 19.6. The standard InChI is InChI=1S/C13H18BrNO2/c1-3-15-13-8-17-5-4-10-11(13)6-9(16-2)7-12(10)14/h6-7,13,15H,3-5,8H2,1-2H3. The van der Waals surface area contributed by atoms with E-state index in [2.05, 4.69) is 34.2 Å². The molecule has 0 spiro atoms. The predicted molar refractivity (Wildman–Crippen MR) is 71.6 cm³/mol. The van der Waals surface area contributed by atoms with Crippen LogP contribution in [0.4, 0.5) is 0 Å². The second kappa shape index (κ2) is 5.85. The Kier molecular flexibility index (Phi) is 4.42. The molecule has 3 nitrogen and oxygen atoms in total. The first-order valence-electron chi connectivity index (χ1n) is 5.93. The van der Waals surface area contributed by atoms with Crippen molar-refractivity contribution in [1.29, 1.82) is 0 Å². The molecule has 1 aromatic carbocycles. The Hall–Kier alpha value is -0.580. The molecule has 0 bridgehead atoms. The Labute approximate surface area is 111 Å². The fourth-order valence-corrected chi connectivity index (χ4v) is 2.86. The molecule has 0 saturated heterocycles. The van der Waals surface area contributed by atoms with Gasteiger partial charge in [0.15, 0.2) is 0 Å². The van der Waals surface area contributed by atoms with E-state index in [4.69, 9.17) is 9.47 Å². The minimum Gasteiger partial charge on any atom is -0.497 e. The highest BCUT2D eigenvalue weighted by Gasteiger charge is 2.21. The van der Waals surface area contributed by atoms with Gasteiger partial charge in [-0.1, -0.05) is 22.9 Å². The molecule has 1 aliphatic rings. The van der Waals surface area contributed by atoms with E-state index < -0.39 is 0 Å². The first-order valence-corrected chi connectivity index (χ1v) is 6.73. The van der Waals surface area contributed by atoms with Crippen LogP contribution in [0.3, 0.4) is 0 Å². The van der Waals surface area contributed by atoms with Gasteiger partial charge in [-0.05, 0) is 36.2 Å². The summed E-state index contributed by atoms with van der Waals surface area (Å²) >= 11 is 3.62. The molecule has 1 aromatic rings. The molecule has 4 heteroatoms. The third kappa shape index (κ3) is 2.81. The molecule has 1 atom stereocenters. The number of benzene rings is 1. The van der Waals surface area contributed by atoms with Gasteiger partial charge in [0.05, 0.1) is 26.4 Å². The first kappa shape index (κ1) is 12.9. The summed E-state index contributed by atoms with van der Waals surface area (Å²) in [5.41, 5.74) is 2.62. The Balaban J connectivity index is 2.43. The van der Waals surface area contributed by atoms with Crippen LogP contribution in [0.15, 0.2) is 16.6 Å². The third-order valence-electron chi connectivity index (χ3n) is 3.05. The highest BCUT2D eigenvalue weighted by molar-refractivity contribution is 9.10. The van der Waals surface area contributed by atoms with E-state index in [1.165, 1.54) is 11.1 Å². The summed E-state index contributed by atoms with van der Waals surface area (Å²) in [4.78, 5) is 0. The van der Waals surface area contributed by atoms with Crippen molar-refractivity contribution in [2.24, 2.45) is 0 Å². The number of nitrogens with one attached hydrogen (secondary N) is 1. The van der Waals surface area contributed by atoms with Crippen molar-refractivity contribution in [1.82, 2.24) is 5.32 Å². The SMILES string of the molecule is CCNC1COCCc2c(Br)cc(OC)cc21. The lowest BCUT2D eigenvalue weighted by atomic mass is 9.99. The Morgan fingerprint density at radius 3 is 3.06 bits per heavy atom. The summed E-state index contributed by atoms with van der Waals surface area (Å²) in [5, 5.41) is 3.46. The van der Waals surface area contributed by atoms with Crippen molar-refractivity contribution in [2.75, 3.05) is 26.9 Å². The lowest BCUT2D eigenvalue weighted by Crippen LogP contribution is -2.25. The smallest absolute Gasteiger partial charge is 0.120 e. The van der Waals surface area contributed by atoms with Crippen molar-refractivity contribution in [2.45, 2.75) is 19.4 Å². The maximum Gasteiger partial charge on any atom is 0.120 e. The minimum absolute atomic E-state index is 0.254. The van der Waals surface area contributed by atoms with Crippen LogP contribution in [0.25, 0.3) is 0 Å².